The Balaban J connectivity index is 2.21. The van der Waals surface area contributed by atoms with Crippen molar-refractivity contribution in [2.45, 2.75) is 26.2 Å². The summed E-state index contributed by atoms with van der Waals surface area (Å²) in [7, 11) is 0. The summed E-state index contributed by atoms with van der Waals surface area (Å²) in [5.74, 6) is 0.126. The molecule has 1 aromatic carbocycles. The zero-order valence-corrected chi connectivity index (χ0v) is 11.5. The van der Waals surface area contributed by atoms with E-state index < -0.39 is 0 Å². The third-order valence-corrected chi connectivity index (χ3v) is 3.24. The normalized spacial score (nSPS) is 11.9. The topological polar surface area (TPSA) is 77.8 Å². The highest BCUT2D eigenvalue weighted by Crippen LogP contribution is 2.24. The lowest BCUT2D eigenvalue weighted by Gasteiger charge is -2.25. The van der Waals surface area contributed by atoms with Gasteiger partial charge in [0, 0.05) is 12.0 Å². The Morgan fingerprint density at radius 2 is 1.95 bits per heavy atom. The minimum absolute atomic E-state index is 0.113. The molecule has 0 saturated heterocycles. The molecule has 0 spiro atoms. The zero-order chi connectivity index (χ0) is 14.0. The smallest absolute Gasteiger partial charge is 0.309 e. The number of benzene rings is 1. The van der Waals surface area contributed by atoms with Crippen molar-refractivity contribution in [2.75, 3.05) is 13.1 Å². The SMILES string of the molecule is CC(=O)CNCC(C)(C)c1ccc2[nH]c(=O)[nH]c2c1. The van der Waals surface area contributed by atoms with Crippen LogP contribution >= 0.6 is 0 Å². The number of imidazole rings is 1. The van der Waals surface area contributed by atoms with Gasteiger partial charge in [-0.25, -0.2) is 4.79 Å². The molecule has 1 heterocycles. The lowest BCUT2D eigenvalue weighted by Crippen LogP contribution is -2.35. The van der Waals surface area contributed by atoms with E-state index in [0.717, 1.165) is 16.6 Å². The summed E-state index contributed by atoms with van der Waals surface area (Å²) in [4.78, 5) is 27.7. The summed E-state index contributed by atoms with van der Waals surface area (Å²) in [6, 6.07) is 5.87. The van der Waals surface area contributed by atoms with Gasteiger partial charge >= 0.3 is 5.69 Å². The molecule has 0 atom stereocenters. The maximum absolute atomic E-state index is 11.2. The fourth-order valence-corrected chi connectivity index (χ4v) is 2.11. The predicted molar refractivity (Wildman–Crippen MR) is 75.5 cm³/mol. The van der Waals surface area contributed by atoms with Gasteiger partial charge in [0.25, 0.3) is 0 Å². The Morgan fingerprint density at radius 3 is 2.63 bits per heavy atom. The van der Waals surface area contributed by atoms with E-state index in [2.05, 4.69) is 29.1 Å². The van der Waals surface area contributed by atoms with E-state index in [1.54, 1.807) is 6.92 Å². The molecule has 0 unspecified atom stereocenters. The molecule has 0 saturated carbocycles. The van der Waals surface area contributed by atoms with Gasteiger partial charge in [0.05, 0.1) is 17.6 Å². The number of ketones is 1. The molecule has 1 aromatic heterocycles. The molecule has 3 N–H and O–H groups in total. The molecule has 102 valence electrons. The summed E-state index contributed by atoms with van der Waals surface area (Å²) in [5.41, 5.74) is 2.42. The van der Waals surface area contributed by atoms with Crippen LogP contribution in [0.2, 0.25) is 0 Å². The van der Waals surface area contributed by atoms with Crippen molar-refractivity contribution in [3.63, 3.8) is 0 Å². The average Bonchev–Trinajstić information content (AvgIpc) is 2.67. The molecule has 2 aromatic rings. The van der Waals surface area contributed by atoms with E-state index in [4.69, 9.17) is 0 Å². The number of hydrogen-bond acceptors (Lipinski definition) is 3. The van der Waals surface area contributed by atoms with Crippen molar-refractivity contribution >= 4 is 16.8 Å². The summed E-state index contributed by atoms with van der Waals surface area (Å²) < 4.78 is 0. The average molecular weight is 261 g/mol. The Hall–Kier alpha value is -1.88. The lowest BCUT2D eigenvalue weighted by molar-refractivity contribution is -0.116. The second-order valence-electron chi connectivity index (χ2n) is 5.53. The Morgan fingerprint density at radius 1 is 1.26 bits per heavy atom. The molecule has 0 amide bonds. The minimum Gasteiger partial charge on any atom is -0.309 e. The fourth-order valence-electron chi connectivity index (χ4n) is 2.11. The number of aromatic nitrogens is 2. The number of carbonyl (C=O) groups excluding carboxylic acids is 1. The number of H-pyrrole nitrogens is 2. The summed E-state index contributed by atoms with van der Waals surface area (Å²) in [6.07, 6.45) is 0. The summed E-state index contributed by atoms with van der Waals surface area (Å²) >= 11 is 0. The Kier molecular flexibility index (Phi) is 3.57. The molecule has 0 fully saturated rings. The van der Waals surface area contributed by atoms with Crippen molar-refractivity contribution < 1.29 is 4.79 Å². The molecule has 0 aliphatic rings. The fraction of sp³-hybridized carbons (Fsp3) is 0.429. The number of fused-ring (bicyclic) bond motifs is 1. The summed E-state index contributed by atoms with van der Waals surface area (Å²) in [6.45, 7) is 6.86. The second-order valence-corrected chi connectivity index (χ2v) is 5.53. The molecule has 0 aliphatic carbocycles. The van der Waals surface area contributed by atoms with Gasteiger partial charge in [0.15, 0.2) is 0 Å². The van der Waals surface area contributed by atoms with Crippen LogP contribution in [0.4, 0.5) is 0 Å². The van der Waals surface area contributed by atoms with Crippen LogP contribution in [-0.2, 0) is 10.2 Å². The first-order valence-corrected chi connectivity index (χ1v) is 6.31. The molecule has 5 nitrogen and oxygen atoms in total. The van der Waals surface area contributed by atoms with Crippen molar-refractivity contribution in [3.8, 4) is 0 Å². The summed E-state index contributed by atoms with van der Waals surface area (Å²) in [5, 5.41) is 3.15. The molecule has 0 radical (unpaired) electrons. The monoisotopic (exact) mass is 261 g/mol. The van der Waals surface area contributed by atoms with Crippen molar-refractivity contribution in [3.05, 3.63) is 34.2 Å². The van der Waals surface area contributed by atoms with Crippen molar-refractivity contribution in [2.24, 2.45) is 0 Å². The number of rotatable bonds is 5. The highest BCUT2D eigenvalue weighted by molar-refractivity contribution is 5.77. The van der Waals surface area contributed by atoms with Gasteiger partial charge in [-0.05, 0) is 24.6 Å². The number of carbonyl (C=O) groups is 1. The maximum atomic E-state index is 11.2. The number of aromatic amines is 2. The van der Waals surface area contributed by atoms with Crippen molar-refractivity contribution in [1.82, 2.24) is 15.3 Å². The first-order valence-electron chi connectivity index (χ1n) is 6.31. The van der Waals surface area contributed by atoms with E-state index in [9.17, 15) is 9.59 Å². The molecule has 2 rings (SSSR count). The molecule has 0 aliphatic heterocycles. The predicted octanol–water partition coefficient (Wildman–Crippen LogP) is 1.31. The van der Waals surface area contributed by atoms with Crippen LogP contribution in [0.5, 0.6) is 0 Å². The lowest BCUT2D eigenvalue weighted by atomic mass is 9.84. The molecule has 5 heteroatoms. The van der Waals surface area contributed by atoms with Crippen LogP contribution in [-0.4, -0.2) is 28.8 Å². The van der Waals surface area contributed by atoms with Crippen molar-refractivity contribution in [1.29, 1.82) is 0 Å². The maximum Gasteiger partial charge on any atom is 0.323 e. The van der Waals surface area contributed by atoms with E-state index in [1.807, 2.05) is 18.2 Å². The minimum atomic E-state index is -0.195. The zero-order valence-electron chi connectivity index (χ0n) is 11.5. The molecule has 19 heavy (non-hydrogen) atoms. The van der Waals surface area contributed by atoms with Crippen LogP contribution in [0.25, 0.3) is 11.0 Å². The quantitative estimate of drug-likeness (QED) is 0.759. The van der Waals surface area contributed by atoms with Crippen LogP contribution < -0.4 is 11.0 Å². The third-order valence-electron chi connectivity index (χ3n) is 3.24. The number of Topliss-reactive ketones (excluding diaryl/α,β-unsaturated/α-hetero) is 1. The number of hydrogen-bond donors (Lipinski definition) is 3. The third kappa shape index (κ3) is 3.12. The highest BCUT2D eigenvalue weighted by atomic mass is 16.1. The van der Waals surface area contributed by atoms with E-state index in [-0.39, 0.29) is 16.9 Å². The largest absolute Gasteiger partial charge is 0.323 e. The van der Waals surface area contributed by atoms with Gasteiger partial charge in [-0.2, -0.15) is 0 Å². The Bertz CT molecular complexity index is 652. The first kappa shape index (κ1) is 13.5. The standard InChI is InChI=1S/C14H19N3O2/c1-9(18)7-15-8-14(2,3)10-4-5-11-12(6-10)17-13(19)16-11/h4-6,15H,7-8H2,1-3H3,(H2,16,17,19). The Labute approximate surface area is 111 Å². The van der Waals surface area contributed by atoms with Gasteiger partial charge < -0.3 is 15.3 Å². The van der Waals surface area contributed by atoms with E-state index >= 15 is 0 Å². The van der Waals surface area contributed by atoms with Gasteiger partial charge in [-0.1, -0.05) is 19.9 Å². The van der Waals surface area contributed by atoms with Gasteiger partial charge in [-0.15, -0.1) is 0 Å². The van der Waals surface area contributed by atoms with Crippen LogP contribution in [0, 0.1) is 0 Å². The van der Waals surface area contributed by atoms with E-state index in [0.29, 0.717) is 13.1 Å². The van der Waals surface area contributed by atoms with Crippen LogP contribution in [0.15, 0.2) is 23.0 Å². The first-order chi connectivity index (χ1) is 8.88. The van der Waals surface area contributed by atoms with Gasteiger partial charge in [-0.3, -0.25) is 4.79 Å². The second kappa shape index (κ2) is 5.01. The molecule has 0 bridgehead atoms. The highest BCUT2D eigenvalue weighted by Gasteiger charge is 2.20. The van der Waals surface area contributed by atoms with Crippen LogP contribution in [0.3, 0.4) is 0 Å². The number of nitrogens with one attached hydrogen (secondary N) is 3. The molecular formula is C14H19N3O2. The van der Waals surface area contributed by atoms with Gasteiger partial charge in [0.2, 0.25) is 0 Å². The van der Waals surface area contributed by atoms with Gasteiger partial charge in [0.1, 0.15) is 5.78 Å². The van der Waals surface area contributed by atoms with E-state index in [1.165, 1.54) is 0 Å². The van der Waals surface area contributed by atoms with Crippen LogP contribution in [0.1, 0.15) is 26.3 Å². The molecular weight excluding hydrogens is 242 g/mol.